The van der Waals surface area contributed by atoms with Crippen LogP contribution < -0.4 is 14.8 Å². The van der Waals surface area contributed by atoms with Crippen molar-refractivity contribution >= 4 is 22.9 Å². The van der Waals surface area contributed by atoms with Gasteiger partial charge in [-0.05, 0) is 30.7 Å². The molecular formula is C21H23N3O3S. The molecule has 6 nitrogen and oxygen atoms in total. The smallest absolute Gasteiger partial charge is 0.224 e. The number of aromatic nitrogens is 2. The molecule has 0 bridgehead atoms. The van der Waals surface area contributed by atoms with Gasteiger partial charge >= 0.3 is 0 Å². The Kier molecular flexibility index (Phi) is 6.60. The van der Waals surface area contributed by atoms with Crippen LogP contribution in [0, 0.1) is 0 Å². The number of anilines is 1. The molecule has 0 unspecified atom stereocenters. The van der Waals surface area contributed by atoms with Crippen LogP contribution in [0.25, 0.3) is 21.8 Å². The Bertz CT molecular complexity index is 956. The van der Waals surface area contributed by atoms with Crippen molar-refractivity contribution in [2.45, 2.75) is 26.2 Å². The molecule has 3 aromatic rings. The lowest BCUT2D eigenvalue weighted by Crippen LogP contribution is -2.09. The van der Waals surface area contributed by atoms with Crippen LogP contribution in [0.5, 0.6) is 11.5 Å². The lowest BCUT2D eigenvalue weighted by atomic mass is 10.1. The molecule has 1 amide bonds. The van der Waals surface area contributed by atoms with Crippen molar-refractivity contribution in [3.8, 4) is 33.3 Å². The van der Waals surface area contributed by atoms with Gasteiger partial charge in [-0.1, -0.05) is 13.3 Å². The third-order valence-electron chi connectivity index (χ3n) is 4.21. The average Bonchev–Trinajstić information content (AvgIpc) is 3.20. The second-order valence-corrected chi connectivity index (χ2v) is 7.12. The molecule has 0 spiro atoms. The Morgan fingerprint density at radius 1 is 1.14 bits per heavy atom. The standard InChI is InChI=1S/C21H23N3O3S/c1-4-5-6-21(25)23-14-9-20(28-13-14)18-12-22-11-17(24-18)16-10-15(26-2)7-8-19(16)27-3/h7-13H,4-6H2,1-3H3,(H,23,25). The summed E-state index contributed by atoms with van der Waals surface area (Å²) in [7, 11) is 3.24. The van der Waals surface area contributed by atoms with E-state index in [2.05, 4.69) is 17.2 Å². The monoisotopic (exact) mass is 397 g/mol. The molecule has 2 heterocycles. The van der Waals surface area contributed by atoms with Crippen LogP contribution in [0.4, 0.5) is 5.69 Å². The molecule has 1 aromatic carbocycles. The molecule has 0 saturated heterocycles. The average molecular weight is 398 g/mol. The molecule has 3 rings (SSSR count). The molecule has 0 aliphatic rings. The van der Waals surface area contributed by atoms with Gasteiger partial charge in [0.1, 0.15) is 11.5 Å². The van der Waals surface area contributed by atoms with E-state index in [1.165, 1.54) is 11.3 Å². The predicted octanol–water partition coefficient (Wildman–Crippen LogP) is 5.02. The van der Waals surface area contributed by atoms with Crippen LogP contribution in [0.15, 0.2) is 42.0 Å². The van der Waals surface area contributed by atoms with E-state index in [4.69, 9.17) is 14.5 Å². The molecule has 0 atom stereocenters. The highest BCUT2D eigenvalue weighted by atomic mass is 32.1. The normalized spacial score (nSPS) is 10.5. The third kappa shape index (κ3) is 4.67. The summed E-state index contributed by atoms with van der Waals surface area (Å²) in [5, 5.41) is 4.85. The number of thiophene rings is 1. The van der Waals surface area contributed by atoms with E-state index in [1.807, 2.05) is 29.6 Å². The first-order valence-electron chi connectivity index (χ1n) is 9.07. The van der Waals surface area contributed by atoms with Crippen LogP contribution in [-0.2, 0) is 4.79 Å². The fourth-order valence-electron chi connectivity index (χ4n) is 2.73. The van der Waals surface area contributed by atoms with E-state index >= 15 is 0 Å². The van der Waals surface area contributed by atoms with E-state index in [-0.39, 0.29) is 5.91 Å². The van der Waals surface area contributed by atoms with E-state index < -0.39 is 0 Å². The van der Waals surface area contributed by atoms with Crippen LogP contribution in [0.2, 0.25) is 0 Å². The number of nitrogens with zero attached hydrogens (tertiary/aromatic N) is 2. The Balaban J connectivity index is 1.86. The summed E-state index contributed by atoms with van der Waals surface area (Å²) < 4.78 is 10.8. The van der Waals surface area contributed by atoms with E-state index in [1.54, 1.807) is 26.6 Å². The highest BCUT2D eigenvalue weighted by molar-refractivity contribution is 7.14. The molecule has 0 aliphatic heterocycles. The number of hydrogen-bond acceptors (Lipinski definition) is 6. The van der Waals surface area contributed by atoms with Crippen molar-refractivity contribution < 1.29 is 14.3 Å². The number of unbranched alkanes of at least 4 members (excludes halogenated alkanes) is 1. The second kappa shape index (κ2) is 9.32. The molecule has 0 saturated carbocycles. The number of carbonyl (C=O) groups excluding carboxylic acids is 1. The van der Waals surface area contributed by atoms with Crippen molar-refractivity contribution in [3.63, 3.8) is 0 Å². The number of benzene rings is 1. The van der Waals surface area contributed by atoms with Crippen LogP contribution in [-0.4, -0.2) is 30.1 Å². The number of amides is 1. The topological polar surface area (TPSA) is 73.3 Å². The van der Waals surface area contributed by atoms with Crippen LogP contribution >= 0.6 is 11.3 Å². The Hall–Kier alpha value is -2.93. The van der Waals surface area contributed by atoms with Crippen molar-refractivity contribution in [1.82, 2.24) is 9.97 Å². The third-order valence-corrected chi connectivity index (χ3v) is 5.16. The van der Waals surface area contributed by atoms with E-state index in [0.717, 1.165) is 40.4 Å². The number of carbonyl (C=O) groups is 1. The first-order chi connectivity index (χ1) is 13.6. The number of hydrogen-bond donors (Lipinski definition) is 1. The minimum atomic E-state index is 0.0344. The minimum absolute atomic E-state index is 0.0344. The first-order valence-corrected chi connectivity index (χ1v) is 9.95. The molecule has 0 fully saturated rings. The molecule has 0 radical (unpaired) electrons. The predicted molar refractivity (Wildman–Crippen MR) is 112 cm³/mol. The van der Waals surface area contributed by atoms with Crippen LogP contribution in [0.3, 0.4) is 0 Å². The van der Waals surface area contributed by atoms with Gasteiger partial charge in [-0.3, -0.25) is 9.78 Å². The summed E-state index contributed by atoms with van der Waals surface area (Å²) in [6.45, 7) is 2.07. The molecule has 146 valence electrons. The number of rotatable bonds is 8. The van der Waals surface area contributed by atoms with Crippen molar-refractivity contribution in [3.05, 3.63) is 42.0 Å². The summed E-state index contributed by atoms with van der Waals surface area (Å²) in [6.07, 6.45) is 5.83. The summed E-state index contributed by atoms with van der Waals surface area (Å²) in [5.74, 6) is 1.45. The summed E-state index contributed by atoms with van der Waals surface area (Å²) in [6, 6.07) is 7.48. The van der Waals surface area contributed by atoms with E-state index in [0.29, 0.717) is 17.9 Å². The lowest BCUT2D eigenvalue weighted by Gasteiger charge is -2.10. The molecule has 1 N–H and O–H groups in total. The molecule has 7 heteroatoms. The van der Waals surface area contributed by atoms with Gasteiger partial charge in [0.15, 0.2) is 0 Å². The first kappa shape index (κ1) is 19.8. The zero-order chi connectivity index (χ0) is 19.9. The number of ether oxygens (including phenoxy) is 2. The molecule has 28 heavy (non-hydrogen) atoms. The summed E-state index contributed by atoms with van der Waals surface area (Å²) in [4.78, 5) is 21.9. The maximum atomic E-state index is 11.9. The highest BCUT2D eigenvalue weighted by Crippen LogP contribution is 2.34. The van der Waals surface area contributed by atoms with Gasteiger partial charge in [0.25, 0.3) is 0 Å². The summed E-state index contributed by atoms with van der Waals surface area (Å²) >= 11 is 1.52. The van der Waals surface area contributed by atoms with Gasteiger partial charge in [-0.2, -0.15) is 0 Å². The maximum Gasteiger partial charge on any atom is 0.224 e. The number of methoxy groups -OCH3 is 2. The van der Waals surface area contributed by atoms with Crippen molar-refractivity contribution in [2.24, 2.45) is 0 Å². The quantitative estimate of drug-likeness (QED) is 0.578. The summed E-state index contributed by atoms with van der Waals surface area (Å²) in [5.41, 5.74) is 3.02. The van der Waals surface area contributed by atoms with Gasteiger partial charge < -0.3 is 14.8 Å². The van der Waals surface area contributed by atoms with Crippen molar-refractivity contribution in [2.75, 3.05) is 19.5 Å². The van der Waals surface area contributed by atoms with Crippen LogP contribution in [0.1, 0.15) is 26.2 Å². The second-order valence-electron chi connectivity index (χ2n) is 6.21. The fourth-order valence-corrected chi connectivity index (χ4v) is 3.52. The Labute approximate surface area is 168 Å². The molecule has 2 aromatic heterocycles. The SMILES string of the molecule is CCCCC(=O)Nc1csc(-c2cncc(-c3cc(OC)ccc3OC)n2)c1. The lowest BCUT2D eigenvalue weighted by molar-refractivity contribution is -0.116. The van der Waals surface area contributed by atoms with Gasteiger partial charge in [-0.25, -0.2) is 4.98 Å². The molecule has 0 aliphatic carbocycles. The molecular weight excluding hydrogens is 374 g/mol. The largest absolute Gasteiger partial charge is 0.497 e. The van der Waals surface area contributed by atoms with Gasteiger partial charge in [0, 0.05) is 17.4 Å². The Morgan fingerprint density at radius 3 is 2.71 bits per heavy atom. The zero-order valence-corrected chi connectivity index (χ0v) is 17.0. The highest BCUT2D eigenvalue weighted by Gasteiger charge is 2.13. The Morgan fingerprint density at radius 2 is 1.96 bits per heavy atom. The van der Waals surface area contributed by atoms with Crippen molar-refractivity contribution in [1.29, 1.82) is 0 Å². The van der Waals surface area contributed by atoms with E-state index in [9.17, 15) is 4.79 Å². The number of nitrogens with one attached hydrogen (secondary N) is 1. The van der Waals surface area contributed by atoms with Gasteiger partial charge in [-0.15, -0.1) is 11.3 Å². The maximum absolute atomic E-state index is 11.9. The fraction of sp³-hybridized carbons (Fsp3) is 0.286. The van der Waals surface area contributed by atoms with Gasteiger partial charge in [0.2, 0.25) is 5.91 Å². The minimum Gasteiger partial charge on any atom is -0.497 e. The zero-order valence-electron chi connectivity index (χ0n) is 16.2. The van der Waals surface area contributed by atoms with Gasteiger partial charge in [0.05, 0.1) is 48.6 Å².